The van der Waals surface area contributed by atoms with Gasteiger partial charge < -0.3 is 15.2 Å². The zero-order valence-corrected chi connectivity index (χ0v) is 9.37. The number of carboxylic acid groups (broad SMARTS) is 1. The number of halogens is 3. The Morgan fingerprint density at radius 2 is 1.94 bits per heavy atom. The molecular formula is C9H14F3NO4. The topological polar surface area (TPSA) is 75.6 Å². The Morgan fingerprint density at radius 3 is 2.29 bits per heavy atom. The molecule has 0 aliphatic carbocycles. The fourth-order valence-corrected chi connectivity index (χ4v) is 0.874. The van der Waals surface area contributed by atoms with Crippen LogP contribution in [-0.2, 0) is 9.53 Å². The molecule has 5 nitrogen and oxygen atoms in total. The van der Waals surface area contributed by atoms with Crippen LogP contribution >= 0.6 is 0 Å². The van der Waals surface area contributed by atoms with E-state index in [4.69, 9.17) is 5.11 Å². The number of carbonyl (C=O) groups is 2. The molecule has 0 saturated heterocycles. The van der Waals surface area contributed by atoms with Gasteiger partial charge in [-0.15, -0.1) is 0 Å². The molecule has 0 aliphatic rings. The van der Waals surface area contributed by atoms with Gasteiger partial charge in [-0.3, -0.25) is 0 Å². The minimum Gasteiger partial charge on any atom is -0.480 e. The highest BCUT2D eigenvalue weighted by atomic mass is 19.4. The third kappa shape index (κ3) is 7.42. The van der Waals surface area contributed by atoms with Crippen molar-refractivity contribution in [1.82, 2.24) is 5.32 Å². The molecule has 1 amide bonds. The molecule has 0 rings (SSSR count). The van der Waals surface area contributed by atoms with Crippen LogP contribution in [0, 0.1) is 0 Å². The first-order chi connectivity index (χ1) is 7.65. The van der Waals surface area contributed by atoms with E-state index < -0.39 is 36.8 Å². The van der Waals surface area contributed by atoms with Crippen LogP contribution in [0.15, 0.2) is 0 Å². The summed E-state index contributed by atoms with van der Waals surface area (Å²) < 4.78 is 40.6. The molecule has 17 heavy (non-hydrogen) atoms. The molecule has 0 aromatic carbocycles. The zero-order chi connectivity index (χ0) is 13.6. The van der Waals surface area contributed by atoms with Gasteiger partial charge in [0, 0.05) is 0 Å². The summed E-state index contributed by atoms with van der Waals surface area (Å²) in [5.41, 5.74) is 0. The zero-order valence-electron chi connectivity index (χ0n) is 9.37. The van der Waals surface area contributed by atoms with Crippen molar-refractivity contribution >= 4 is 12.1 Å². The van der Waals surface area contributed by atoms with E-state index in [1.165, 1.54) is 0 Å². The summed E-state index contributed by atoms with van der Waals surface area (Å²) in [6.45, 7) is 3.25. The SMILES string of the molecule is CCC(C)OC(=O)NC(CC(F)(F)F)C(=O)O. The summed E-state index contributed by atoms with van der Waals surface area (Å²) in [6, 6.07) is -2.04. The van der Waals surface area contributed by atoms with Crippen molar-refractivity contribution in [2.75, 3.05) is 0 Å². The number of amides is 1. The minimum absolute atomic E-state index is 0.477. The summed E-state index contributed by atoms with van der Waals surface area (Å²) in [7, 11) is 0. The molecule has 2 unspecified atom stereocenters. The molecule has 0 heterocycles. The van der Waals surface area contributed by atoms with E-state index in [0.717, 1.165) is 0 Å². The van der Waals surface area contributed by atoms with Crippen molar-refractivity contribution in [3.05, 3.63) is 0 Å². The van der Waals surface area contributed by atoms with Gasteiger partial charge in [0.2, 0.25) is 0 Å². The van der Waals surface area contributed by atoms with E-state index in [2.05, 4.69) is 4.74 Å². The normalized spacial score (nSPS) is 14.9. The first-order valence-electron chi connectivity index (χ1n) is 4.92. The van der Waals surface area contributed by atoms with E-state index in [1.807, 2.05) is 0 Å². The minimum atomic E-state index is -4.67. The Hall–Kier alpha value is -1.47. The Labute approximate surface area is 95.9 Å². The molecule has 8 heteroatoms. The Balaban J connectivity index is 4.36. The van der Waals surface area contributed by atoms with Crippen LogP contribution in [0.2, 0.25) is 0 Å². The molecule has 0 aromatic rings. The second kappa shape index (κ2) is 6.31. The van der Waals surface area contributed by atoms with E-state index in [0.29, 0.717) is 6.42 Å². The van der Waals surface area contributed by atoms with Crippen LogP contribution in [0.5, 0.6) is 0 Å². The quantitative estimate of drug-likeness (QED) is 0.788. The largest absolute Gasteiger partial charge is 0.480 e. The average molecular weight is 257 g/mol. The third-order valence-electron chi connectivity index (χ3n) is 1.91. The van der Waals surface area contributed by atoms with Gasteiger partial charge >= 0.3 is 18.2 Å². The van der Waals surface area contributed by atoms with Crippen molar-refractivity contribution in [1.29, 1.82) is 0 Å². The van der Waals surface area contributed by atoms with Crippen molar-refractivity contribution in [2.24, 2.45) is 0 Å². The van der Waals surface area contributed by atoms with E-state index in [9.17, 15) is 22.8 Å². The number of alkyl halides is 3. The Morgan fingerprint density at radius 1 is 1.41 bits per heavy atom. The fourth-order valence-electron chi connectivity index (χ4n) is 0.874. The van der Waals surface area contributed by atoms with Crippen LogP contribution in [0.1, 0.15) is 26.7 Å². The predicted molar refractivity (Wildman–Crippen MR) is 51.5 cm³/mol. The fraction of sp³-hybridized carbons (Fsp3) is 0.778. The van der Waals surface area contributed by atoms with Gasteiger partial charge in [-0.25, -0.2) is 9.59 Å². The summed E-state index contributed by atoms with van der Waals surface area (Å²) in [6.07, 6.45) is -7.50. The van der Waals surface area contributed by atoms with Crippen molar-refractivity contribution < 1.29 is 32.6 Å². The molecule has 0 fully saturated rings. The van der Waals surface area contributed by atoms with Crippen molar-refractivity contribution in [3.8, 4) is 0 Å². The van der Waals surface area contributed by atoms with Crippen LogP contribution < -0.4 is 5.32 Å². The average Bonchev–Trinajstić information content (AvgIpc) is 2.14. The lowest BCUT2D eigenvalue weighted by Crippen LogP contribution is -2.44. The van der Waals surface area contributed by atoms with Gasteiger partial charge in [0.15, 0.2) is 0 Å². The number of carboxylic acids is 1. The van der Waals surface area contributed by atoms with Crippen LogP contribution in [0.4, 0.5) is 18.0 Å². The lowest BCUT2D eigenvalue weighted by atomic mass is 10.2. The molecule has 0 saturated carbocycles. The monoisotopic (exact) mass is 257 g/mol. The maximum absolute atomic E-state index is 12.0. The number of ether oxygens (including phenoxy) is 1. The van der Waals surface area contributed by atoms with Gasteiger partial charge in [-0.2, -0.15) is 13.2 Å². The smallest absolute Gasteiger partial charge is 0.408 e. The van der Waals surface area contributed by atoms with Crippen LogP contribution in [0.3, 0.4) is 0 Å². The maximum Gasteiger partial charge on any atom is 0.408 e. The first-order valence-corrected chi connectivity index (χ1v) is 4.92. The lowest BCUT2D eigenvalue weighted by molar-refractivity contribution is -0.158. The number of hydrogen-bond donors (Lipinski definition) is 2. The highest BCUT2D eigenvalue weighted by molar-refractivity contribution is 5.79. The molecule has 2 N–H and O–H groups in total. The highest BCUT2D eigenvalue weighted by Crippen LogP contribution is 2.21. The molecule has 2 atom stereocenters. The molecular weight excluding hydrogens is 243 g/mol. The van der Waals surface area contributed by atoms with E-state index in [-0.39, 0.29) is 0 Å². The van der Waals surface area contributed by atoms with Crippen LogP contribution in [0.25, 0.3) is 0 Å². The summed E-state index contributed by atoms with van der Waals surface area (Å²) >= 11 is 0. The van der Waals surface area contributed by atoms with Gasteiger partial charge in [0.25, 0.3) is 0 Å². The number of carbonyl (C=O) groups excluding carboxylic acids is 1. The number of aliphatic carboxylic acids is 1. The molecule has 0 spiro atoms. The van der Waals surface area contributed by atoms with Gasteiger partial charge in [0.1, 0.15) is 12.1 Å². The Bertz CT molecular complexity index is 280. The summed E-state index contributed by atoms with van der Waals surface area (Å²) in [4.78, 5) is 21.5. The third-order valence-corrected chi connectivity index (χ3v) is 1.91. The van der Waals surface area contributed by atoms with Crippen molar-refractivity contribution in [2.45, 2.75) is 45.0 Å². The predicted octanol–water partition coefficient (Wildman–Crippen LogP) is 1.92. The molecule has 0 aromatic heterocycles. The molecule has 0 aliphatic heterocycles. The number of alkyl carbamates (subject to hydrolysis) is 1. The van der Waals surface area contributed by atoms with Gasteiger partial charge in [-0.05, 0) is 13.3 Å². The lowest BCUT2D eigenvalue weighted by Gasteiger charge is -2.17. The summed E-state index contributed by atoms with van der Waals surface area (Å²) in [5, 5.41) is 10.2. The first kappa shape index (κ1) is 15.5. The van der Waals surface area contributed by atoms with Crippen LogP contribution in [-0.4, -0.2) is 35.5 Å². The number of hydrogen-bond acceptors (Lipinski definition) is 3. The molecule has 0 bridgehead atoms. The molecule has 0 radical (unpaired) electrons. The second-order valence-corrected chi connectivity index (χ2v) is 3.48. The maximum atomic E-state index is 12.0. The highest BCUT2D eigenvalue weighted by Gasteiger charge is 2.36. The van der Waals surface area contributed by atoms with E-state index in [1.54, 1.807) is 19.2 Å². The van der Waals surface area contributed by atoms with Gasteiger partial charge in [0.05, 0.1) is 6.42 Å². The molecule has 100 valence electrons. The summed E-state index contributed by atoms with van der Waals surface area (Å²) in [5.74, 6) is -1.76. The van der Waals surface area contributed by atoms with Gasteiger partial charge in [-0.1, -0.05) is 6.92 Å². The number of nitrogens with one attached hydrogen (secondary N) is 1. The second-order valence-electron chi connectivity index (χ2n) is 3.48. The number of rotatable bonds is 5. The van der Waals surface area contributed by atoms with E-state index >= 15 is 0 Å². The Kier molecular flexibility index (Phi) is 5.77. The standard InChI is InChI=1S/C9H14F3NO4/c1-3-5(2)17-8(16)13-6(7(14)15)4-9(10,11)12/h5-6H,3-4H2,1-2H3,(H,13,16)(H,14,15). The van der Waals surface area contributed by atoms with Crippen molar-refractivity contribution in [3.63, 3.8) is 0 Å².